The van der Waals surface area contributed by atoms with Gasteiger partial charge in [0.05, 0.1) is 5.84 Å². The van der Waals surface area contributed by atoms with Crippen molar-refractivity contribution < 1.29 is 9.90 Å². The Hall–Kier alpha value is -1.06. The molecule has 0 radical (unpaired) electrons. The standard InChI is InChI=1S/C5H10N2O2/c1-2-4(6)7-3-5(8)9/h2-3H2,1H3,(H2,6,7)(H,8,9). The molecule has 0 heterocycles. The minimum absolute atomic E-state index is 0.223. The van der Waals surface area contributed by atoms with E-state index in [4.69, 9.17) is 10.8 Å². The molecule has 0 bridgehead atoms. The molecule has 0 aromatic carbocycles. The molecule has 52 valence electrons. The molecule has 0 saturated heterocycles. The largest absolute Gasteiger partial charge is 0.480 e. The third-order valence-electron chi connectivity index (χ3n) is 0.780. The lowest BCUT2D eigenvalue weighted by atomic mass is 10.4. The number of aliphatic carboxylic acids is 1. The van der Waals surface area contributed by atoms with Crippen LogP contribution in [0, 0.1) is 0 Å². The minimum Gasteiger partial charge on any atom is -0.480 e. The highest BCUT2D eigenvalue weighted by molar-refractivity contribution is 5.82. The first-order valence-corrected chi connectivity index (χ1v) is 2.67. The zero-order valence-electron chi connectivity index (χ0n) is 5.29. The van der Waals surface area contributed by atoms with Crippen molar-refractivity contribution in [1.82, 2.24) is 0 Å². The second-order valence-corrected chi connectivity index (χ2v) is 1.55. The average molecular weight is 130 g/mol. The van der Waals surface area contributed by atoms with Crippen LogP contribution in [0.1, 0.15) is 13.3 Å². The molecule has 0 aliphatic carbocycles. The van der Waals surface area contributed by atoms with Gasteiger partial charge in [-0.25, -0.2) is 0 Å². The van der Waals surface area contributed by atoms with Gasteiger partial charge in [0.2, 0.25) is 0 Å². The van der Waals surface area contributed by atoms with Crippen LogP contribution in [-0.2, 0) is 4.79 Å². The van der Waals surface area contributed by atoms with Crippen molar-refractivity contribution in [3.63, 3.8) is 0 Å². The van der Waals surface area contributed by atoms with E-state index in [9.17, 15) is 4.79 Å². The van der Waals surface area contributed by atoms with Crippen molar-refractivity contribution in [2.24, 2.45) is 10.7 Å². The van der Waals surface area contributed by atoms with E-state index in [1.807, 2.05) is 6.92 Å². The van der Waals surface area contributed by atoms with Gasteiger partial charge in [-0.3, -0.25) is 9.79 Å². The molecule has 4 nitrogen and oxygen atoms in total. The Morgan fingerprint density at radius 2 is 2.33 bits per heavy atom. The van der Waals surface area contributed by atoms with Crippen molar-refractivity contribution >= 4 is 11.8 Å². The van der Waals surface area contributed by atoms with Crippen LogP contribution in [-0.4, -0.2) is 23.5 Å². The molecule has 9 heavy (non-hydrogen) atoms. The summed E-state index contributed by atoms with van der Waals surface area (Å²) in [4.78, 5) is 13.4. The van der Waals surface area contributed by atoms with Crippen LogP contribution in [0.3, 0.4) is 0 Å². The van der Waals surface area contributed by atoms with Gasteiger partial charge in [-0.1, -0.05) is 6.92 Å². The van der Waals surface area contributed by atoms with Crippen molar-refractivity contribution in [3.8, 4) is 0 Å². The van der Waals surface area contributed by atoms with E-state index in [0.717, 1.165) is 0 Å². The molecule has 0 aromatic heterocycles. The van der Waals surface area contributed by atoms with E-state index in [-0.39, 0.29) is 6.54 Å². The molecule has 0 rings (SSSR count). The molecule has 0 amide bonds. The Balaban J connectivity index is 3.56. The fourth-order valence-electron chi connectivity index (χ4n) is 0.281. The molecule has 0 aliphatic heterocycles. The lowest BCUT2D eigenvalue weighted by Crippen LogP contribution is -2.12. The van der Waals surface area contributed by atoms with Crippen LogP contribution >= 0.6 is 0 Å². The predicted molar refractivity (Wildman–Crippen MR) is 34.4 cm³/mol. The number of nitrogens with two attached hydrogens (primary N) is 1. The van der Waals surface area contributed by atoms with Gasteiger partial charge in [-0.2, -0.15) is 0 Å². The SMILES string of the molecule is CCC(N)=NCC(=O)O. The van der Waals surface area contributed by atoms with Crippen LogP contribution in [0.4, 0.5) is 0 Å². The summed E-state index contributed by atoms with van der Waals surface area (Å²) in [7, 11) is 0. The number of nitrogens with zero attached hydrogens (tertiary/aromatic N) is 1. The molecule has 4 heteroatoms. The molecule has 0 atom stereocenters. The summed E-state index contributed by atoms with van der Waals surface area (Å²) in [5.74, 6) is -0.566. The van der Waals surface area contributed by atoms with Gasteiger partial charge in [-0.15, -0.1) is 0 Å². The van der Waals surface area contributed by atoms with E-state index in [1.165, 1.54) is 0 Å². The lowest BCUT2D eigenvalue weighted by Gasteiger charge is -1.90. The van der Waals surface area contributed by atoms with E-state index < -0.39 is 5.97 Å². The first-order chi connectivity index (χ1) is 4.16. The van der Waals surface area contributed by atoms with Gasteiger partial charge in [0.1, 0.15) is 6.54 Å². The summed E-state index contributed by atoms with van der Waals surface area (Å²) in [6.07, 6.45) is 0.604. The number of carboxylic acids is 1. The second kappa shape index (κ2) is 3.88. The van der Waals surface area contributed by atoms with E-state index in [2.05, 4.69) is 4.99 Å². The van der Waals surface area contributed by atoms with Gasteiger partial charge in [0.25, 0.3) is 0 Å². The molecule has 0 unspecified atom stereocenters. The molecule has 0 fully saturated rings. The molecule has 3 N–H and O–H groups in total. The zero-order chi connectivity index (χ0) is 7.28. The third-order valence-corrected chi connectivity index (χ3v) is 0.780. The molecule has 0 saturated carbocycles. The molecule has 0 aliphatic rings. The van der Waals surface area contributed by atoms with Crippen molar-refractivity contribution in [1.29, 1.82) is 0 Å². The number of carboxylic acid groups (broad SMARTS) is 1. The summed E-state index contributed by atoms with van der Waals surface area (Å²) in [6.45, 7) is 1.60. The lowest BCUT2D eigenvalue weighted by molar-refractivity contribution is -0.135. The fourth-order valence-corrected chi connectivity index (χ4v) is 0.281. The number of aliphatic imine (C=N–C) groups is 1. The van der Waals surface area contributed by atoms with Crippen molar-refractivity contribution in [2.75, 3.05) is 6.54 Å². The molecule has 0 aromatic rings. The predicted octanol–water partition coefficient (Wildman–Crippen LogP) is -0.162. The number of carbonyl (C=O) groups is 1. The minimum atomic E-state index is -0.952. The summed E-state index contributed by atoms with van der Waals surface area (Å²) < 4.78 is 0. The zero-order valence-corrected chi connectivity index (χ0v) is 5.29. The van der Waals surface area contributed by atoms with Gasteiger partial charge in [-0.05, 0) is 0 Å². The first kappa shape index (κ1) is 7.94. The summed E-state index contributed by atoms with van der Waals surface area (Å²) >= 11 is 0. The van der Waals surface area contributed by atoms with Gasteiger partial charge in [0.15, 0.2) is 0 Å². The highest BCUT2D eigenvalue weighted by atomic mass is 16.4. The van der Waals surface area contributed by atoms with Gasteiger partial charge < -0.3 is 10.8 Å². The van der Waals surface area contributed by atoms with Crippen LogP contribution in [0.15, 0.2) is 4.99 Å². The van der Waals surface area contributed by atoms with Crippen LogP contribution < -0.4 is 5.73 Å². The van der Waals surface area contributed by atoms with Gasteiger partial charge >= 0.3 is 5.97 Å². The van der Waals surface area contributed by atoms with E-state index in [1.54, 1.807) is 0 Å². The van der Waals surface area contributed by atoms with Crippen LogP contribution in [0.5, 0.6) is 0 Å². The molecular formula is C5H10N2O2. The van der Waals surface area contributed by atoms with Gasteiger partial charge in [0, 0.05) is 6.42 Å². The average Bonchev–Trinajstić information content (AvgIpc) is 1.83. The number of hydrogen-bond donors (Lipinski definition) is 2. The quantitative estimate of drug-likeness (QED) is 0.411. The normalized spacial score (nSPS) is 11.4. The maximum Gasteiger partial charge on any atom is 0.325 e. The summed E-state index contributed by atoms with van der Waals surface area (Å²) in [6, 6.07) is 0. The number of hydrogen-bond acceptors (Lipinski definition) is 2. The van der Waals surface area contributed by atoms with Crippen LogP contribution in [0.2, 0.25) is 0 Å². The highest BCUT2D eigenvalue weighted by Crippen LogP contribution is 1.77. The topological polar surface area (TPSA) is 75.7 Å². The summed E-state index contributed by atoms with van der Waals surface area (Å²) in [5, 5.41) is 8.10. The Morgan fingerprint density at radius 3 is 2.67 bits per heavy atom. The Bertz CT molecular complexity index is 131. The summed E-state index contributed by atoms with van der Waals surface area (Å²) in [5.41, 5.74) is 5.21. The Labute approximate surface area is 53.4 Å². The molecule has 0 spiro atoms. The maximum absolute atomic E-state index is 9.86. The second-order valence-electron chi connectivity index (χ2n) is 1.55. The van der Waals surface area contributed by atoms with Crippen molar-refractivity contribution in [2.45, 2.75) is 13.3 Å². The maximum atomic E-state index is 9.86. The van der Waals surface area contributed by atoms with E-state index in [0.29, 0.717) is 12.3 Å². The fraction of sp³-hybridized carbons (Fsp3) is 0.600. The first-order valence-electron chi connectivity index (χ1n) is 2.67. The molecular weight excluding hydrogens is 120 g/mol. The number of amidine groups is 1. The Kier molecular flexibility index (Phi) is 3.43. The van der Waals surface area contributed by atoms with Crippen molar-refractivity contribution in [3.05, 3.63) is 0 Å². The third kappa shape index (κ3) is 4.80. The monoisotopic (exact) mass is 130 g/mol. The highest BCUT2D eigenvalue weighted by Gasteiger charge is 1.91. The van der Waals surface area contributed by atoms with Crippen LogP contribution in [0.25, 0.3) is 0 Å². The Morgan fingerprint density at radius 1 is 1.78 bits per heavy atom. The smallest absolute Gasteiger partial charge is 0.325 e. The van der Waals surface area contributed by atoms with E-state index >= 15 is 0 Å². The number of rotatable bonds is 3.